The van der Waals surface area contributed by atoms with Crippen molar-refractivity contribution in [2.45, 2.75) is 6.92 Å². The first-order valence-corrected chi connectivity index (χ1v) is 4.98. The van der Waals surface area contributed by atoms with Gasteiger partial charge in [-0.15, -0.1) is 0 Å². The highest BCUT2D eigenvalue weighted by atomic mass is 32.1. The monoisotopic (exact) mass is 222 g/mol. The summed E-state index contributed by atoms with van der Waals surface area (Å²) in [6.07, 6.45) is 0. The van der Waals surface area contributed by atoms with Crippen molar-refractivity contribution in [1.82, 2.24) is 5.43 Å². The van der Waals surface area contributed by atoms with Gasteiger partial charge in [0.15, 0.2) is 5.11 Å². The molecule has 0 spiro atoms. The van der Waals surface area contributed by atoms with Gasteiger partial charge >= 0.3 is 0 Å². The van der Waals surface area contributed by atoms with Crippen molar-refractivity contribution in [3.8, 4) is 0 Å². The van der Waals surface area contributed by atoms with Crippen LogP contribution in [-0.4, -0.2) is 17.4 Å². The zero-order valence-electron chi connectivity index (χ0n) is 8.53. The molecule has 4 N–H and O–H groups in total. The van der Waals surface area contributed by atoms with Gasteiger partial charge in [0.1, 0.15) is 0 Å². The molecule has 0 aromatic heterocycles. The summed E-state index contributed by atoms with van der Waals surface area (Å²) in [6, 6.07) is 9.65. The van der Waals surface area contributed by atoms with Gasteiger partial charge in [-0.25, -0.2) is 0 Å². The van der Waals surface area contributed by atoms with Crippen LogP contribution in [0.15, 0.2) is 35.4 Å². The molecule has 80 valence electrons. The standard InChI is InChI=1S/C10H14N4S/c1-8(7-11)13-14-10(15)12-9-5-3-2-4-6-9/h2-6H,7,11H2,1H3,(H2,12,14,15). The molecule has 0 bridgehead atoms. The van der Waals surface area contributed by atoms with Crippen LogP contribution in [0.2, 0.25) is 0 Å². The number of rotatable bonds is 3. The predicted octanol–water partition coefficient (Wildman–Crippen LogP) is 1.31. The molecule has 4 nitrogen and oxygen atoms in total. The van der Waals surface area contributed by atoms with Crippen LogP contribution < -0.4 is 16.5 Å². The topological polar surface area (TPSA) is 62.4 Å². The zero-order chi connectivity index (χ0) is 11.1. The number of nitrogens with one attached hydrogen (secondary N) is 2. The highest BCUT2D eigenvalue weighted by Crippen LogP contribution is 2.03. The number of benzene rings is 1. The number of anilines is 1. The molecule has 0 amide bonds. The van der Waals surface area contributed by atoms with Crippen molar-refractivity contribution in [3.05, 3.63) is 30.3 Å². The van der Waals surface area contributed by atoms with Crippen LogP contribution in [0.4, 0.5) is 5.69 Å². The molecular formula is C10H14N4S. The molecule has 0 aliphatic carbocycles. The van der Waals surface area contributed by atoms with Gasteiger partial charge in [0.05, 0.1) is 0 Å². The van der Waals surface area contributed by atoms with Gasteiger partial charge in [0.2, 0.25) is 0 Å². The van der Waals surface area contributed by atoms with E-state index in [-0.39, 0.29) is 0 Å². The van der Waals surface area contributed by atoms with Crippen molar-refractivity contribution >= 4 is 28.7 Å². The molecule has 1 rings (SSSR count). The molecule has 0 saturated carbocycles. The molecule has 5 heteroatoms. The molecule has 0 fully saturated rings. The summed E-state index contributed by atoms with van der Waals surface area (Å²) in [5.41, 5.74) is 9.81. The van der Waals surface area contributed by atoms with Gasteiger partial charge in [-0.3, -0.25) is 5.43 Å². The average Bonchev–Trinajstić information content (AvgIpc) is 2.27. The van der Waals surface area contributed by atoms with E-state index >= 15 is 0 Å². The van der Waals surface area contributed by atoms with E-state index in [0.29, 0.717) is 11.7 Å². The third-order valence-corrected chi connectivity index (χ3v) is 1.87. The lowest BCUT2D eigenvalue weighted by molar-refractivity contribution is 1.02. The van der Waals surface area contributed by atoms with Crippen LogP contribution >= 0.6 is 12.2 Å². The number of hydrazone groups is 1. The molecule has 0 radical (unpaired) electrons. The second-order valence-electron chi connectivity index (χ2n) is 2.98. The Hall–Kier alpha value is -1.46. The molecule has 1 aromatic carbocycles. The molecule has 0 aliphatic heterocycles. The summed E-state index contributed by atoms with van der Waals surface area (Å²) in [5.74, 6) is 0. The summed E-state index contributed by atoms with van der Waals surface area (Å²) in [4.78, 5) is 0. The predicted molar refractivity (Wildman–Crippen MR) is 68.0 cm³/mol. The third kappa shape index (κ3) is 4.53. The smallest absolute Gasteiger partial charge is 0.191 e. The molecule has 0 heterocycles. The van der Waals surface area contributed by atoms with Crippen LogP contribution in [0.25, 0.3) is 0 Å². The van der Waals surface area contributed by atoms with Crippen LogP contribution in [0.5, 0.6) is 0 Å². The Labute approximate surface area is 94.6 Å². The summed E-state index contributed by atoms with van der Waals surface area (Å²) >= 11 is 5.03. The maximum Gasteiger partial charge on any atom is 0.191 e. The Balaban J connectivity index is 2.44. The Bertz CT molecular complexity index is 348. The van der Waals surface area contributed by atoms with E-state index in [1.165, 1.54) is 0 Å². The number of nitrogens with two attached hydrogens (primary N) is 1. The van der Waals surface area contributed by atoms with Crippen molar-refractivity contribution in [2.24, 2.45) is 10.8 Å². The maximum absolute atomic E-state index is 5.38. The van der Waals surface area contributed by atoms with E-state index < -0.39 is 0 Å². The summed E-state index contributed by atoms with van der Waals surface area (Å²) < 4.78 is 0. The molecule has 0 unspecified atom stereocenters. The largest absolute Gasteiger partial charge is 0.331 e. The first kappa shape index (κ1) is 11.6. The second kappa shape index (κ2) is 6.10. The van der Waals surface area contributed by atoms with Gasteiger partial charge in [0.25, 0.3) is 0 Å². The summed E-state index contributed by atoms with van der Waals surface area (Å²) in [5, 5.41) is 7.42. The third-order valence-electron chi connectivity index (χ3n) is 1.68. The van der Waals surface area contributed by atoms with Crippen LogP contribution in [0.3, 0.4) is 0 Å². The summed E-state index contributed by atoms with van der Waals surface area (Å²) in [6.45, 7) is 2.25. The van der Waals surface area contributed by atoms with E-state index in [1.807, 2.05) is 37.3 Å². The van der Waals surface area contributed by atoms with E-state index in [4.69, 9.17) is 18.0 Å². The molecule has 15 heavy (non-hydrogen) atoms. The second-order valence-corrected chi connectivity index (χ2v) is 3.39. The first-order chi connectivity index (χ1) is 7.22. The lowest BCUT2D eigenvalue weighted by Crippen LogP contribution is -2.26. The first-order valence-electron chi connectivity index (χ1n) is 4.57. The van der Waals surface area contributed by atoms with Crippen LogP contribution in [-0.2, 0) is 0 Å². The fourth-order valence-corrected chi connectivity index (χ4v) is 1.04. The molecule has 0 atom stereocenters. The van der Waals surface area contributed by atoms with Crippen LogP contribution in [0.1, 0.15) is 6.92 Å². The fraction of sp³-hybridized carbons (Fsp3) is 0.200. The number of hydrogen-bond donors (Lipinski definition) is 3. The van der Waals surface area contributed by atoms with Crippen molar-refractivity contribution in [2.75, 3.05) is 11.9 Å². The Kier molecular flexibility index (Phi) is 4.73. The number of nitrogens with zero attached hydrogens (tertiary/aromatic N) is 1. The van der Waals surface area contributed by atoms with Crippen LogP contribution in [0, 0.1) is 0 Å². The van der Waals surface area contributed by atoms with Gasteiger partial charge in [-0.2, -0.15) is 5.10 Å². The Morgan fingerprint density at radius 3 is 2.67 bits per heavy atom. The molecule has 0 aliphatic rings. The van der Waals surface area contributed by atoms with E-state index in [1.54, 1.807) is 0 Å². The maximum atomic E-state index is 5.38. The highest BCUT2D eigenvalue weighted by Gasteiger charge is 1.94. The zero-order valence-corrected chi connectivity index (χ0v) is 9.34. The van der Waals surface area contributed by atoms with Gasteiger partial charge < -0.3 is 11.1 Å². The quantitative estimate of drug-likeness (QED) is 0.410. The van der Waals surface area contributed by atoms with Crippen molar-refractivity contribution in [1.29, 1.82) is 0 Å². The van der Waals surface area contributed by atoms with Crippen molar-refractivity contribution < 1.29 is 0 Å². The molecule has 1 aromatic rings. The molecule has 0 saturated heterocycles. The Morgan fingerprint density at radius 1 is 1.40 bits per heavy atom. The number of hydrogen-bond acceptors (Lipinski definition) is 3. The highest BCUT2D eigenvalue weighted by molar-refractivity contribution is 7.80. The average molecular weight is 222 g/mol. The van der Waals surface area contributed by atoms with Crippen molar-refractivity contribution in [3.63, 3.8) is 0 Å². The van der Waals surface area contributed by atoms with Gasteiger partial charge in [-0.05, 0) is 31.3 Å². The normalized spacial score (nSPS) is 10.9. The Morgan fingerprint density at radius 2 is 2.07 bits per heavy atom. The lowest BCUT2D eigenvalue weighted by Gasteiger charge is -2.06. The number of thiocarbonyl (C=S) groups is 1. The van der Waals surface area contributed by atoms with Gasteiger partial charge in [-0.1, -0.05) is 18.2 Å². The molecular weight excluding hydrogens is 208 g/mol. The minimum absolute atomic E-state index is 0.418. The minimum atomic E-state index is 0.418. The van der Waals surface area contributed by atoms with Gasteiger partial charge in [0, 0.05) is 17.9 Å². The fourth-order valence-electron chi connectivity index (χ4n) is 0.872. The van der Waals surface area contributed by atoms with E-state index in [0.717, 1.165) is 11.4 Å². The van der Waals surface area contributed by atoms with E-state index in [2.05, 4.69) is 15.8 Å². The number of para-hydroxylation sites is 1. The minimum Gasteiger partial charge on any atom is -0.331 e. The van der Waals surface area contributed by atoms with E-state index in [9.17, 15) is 0 Å². The lowest BCUT2D eigenvalue weighted by atomic mass is 10.3. The summed E-state index contributed by atoms with van der Waals surface area (Å²) in [7, 11) is 0. The SMILES string of the molecule is CC(CN)=NNC(=S)Nc1ccccc1.